The number of carbonyl (C=O) groups is 3. The third-order valence-corrected chi connectivity index (χ3v) is 10.4. The molecule has 0 heterocycles. The van der Waals surface area contributed by atoms with Gasteiger partial charge in [-0.2, -0.15) is 0 Å². The van der Waals surface area contributed by atoms with Crippen LogP contribution < -0.4 is 0 Å². The van der Waals surface area contributed by atoms with Gasteiger partial charge in [-0.05, 0) is 57.8 Å². The summed E-state index contributed by atoms with van der Waals surface area (Å²) in [7, 11) is 5.52. The molecule has 0 aliphatic carbocycles. The molecule has 0 aromatic carbocycles. The number of unbranched alkanes of at least 4 members (excludes halogenated alkanes) is 18. The van der Waals surface area contributed by atoms with E-state index < -0.39 is 18.1 Å². The molecule has 2 atom stereocenters. The Morgan fingerprint density at radius 1 is 0.525 bits per heavy atom. The van der Waals surface area contributed by atoms with Crippen LogP contribution in [0.4, 0.5) is 0 Å². The van der Waals surface area contributed by atoms with Gasteiger partial charge in [0.1, 0.15) is 6.61 Å². The number of rotatable bonds is 42. The monoisotopic (exact) mass is 829 g/mol. The second-order valence-corrected chi connectivity index (χ2v) is 17.0. The summed E-state index contributed by atoms with van der Waals surface area (Å²) in [5.41, 5.74) is 0. The highest BCUT2D eigenvalue weighted by molar-refractivity contribution is 5.72. The van der Waals surface area contributed by atoms with Gasteiger partial charge in [-0.15, -0.1) is 0 Å². The number of hydrogen-bond donors (Lipinski definition) is 1. The Morgan fingerprint density at radius 3 is 1.41 bits per heavy atom. The minimum Gasteiger partial charge on any atom is -0.477 e. The van der Waals surface area contributed by atoms with Gasteiger partial charge in [0.25, 0.3) is 0 Å². The zero-order valence-corrected chi connectivity index (χ0v) is 38.7. The lowest BCUT2D eigenvalue weighted by Crippen LogP contribution is -2.50. The molecular formula is C51H90NO7+. The summed E-state index contributed by atoms with van der Waals surface area (Å²) in [6, 6.07) is -0.621. The zero-order chi connectivity index (χ0) is 43.5. The summed E-state index contributed by atoms with van der Waals surface area (Å²) in [6.07, 6.45) is 51.2. The number of likely N-dealkylation sites (N-methyl/N-ethyl adjacent to an activating group) is 1. The molecule has 8 nitrogen and oxygen atoms in total. The fourth-order valence-electron chi connectivity index (χ4n) is 6.77. The number of carboxylic acids is 1. The average molecular weight is 829 g/mol. The normalized spacial score (nSPS) is 13.4. The van der Waals surface area contributed by atoms with Gasteiger partial charge in [-0.1, -0.05) is 177 Å². The number of quaternary nitrogens is 1. The first-order valence-electron chi connectivity index (χ1n) is 23.8. The van der Waals surface area contributed by atoms with E-state index in [0.29, 0.717) is 19.3 Å². The Bertz CT molecular complexity index is 1150. The fraction of sp³-hybridized carbons (Fsp3) is 0.745. The van der Waals surface area contributed by atoms with Crippen molar-refractivity contribution in [2.24, 2.45) is 0 Å². The number of ether oxygens (including phenoxy) is 3. The molecule has 59 heavy (non-hydrogen) atoms. The van der Waals surface area contributed by atoms with Gasteiger partial charge < -0.3 is 23.8 Å². The number of nitrogens with zero attached hydrogens (tertiary/aromatic N) is 1. The summed E-state index contributed by atoms with van der Waals surface area (Å²) in [6.45, 7) is 4.60. The Labute approximate surface area is 362 Å². The number of allylic oxidation sites excluding steroid dienone is 10. The van der Waals surface area contributed by atoms with E-state index in [-0.39, 0.29) is 36.2 Å². The molecule has 0 aromatic heterocycles. The standard InChI is InChI=1S/C51H89NO7/c1-6-8-10-12-14-16-18-20-22-23-24-25-26-28-30-32-34-36-38-40-42-50(54)59-47(45-57-44-43-48(51(55)56)52(3,4)5)46-58-49(53)41-39-37-35-33-31-29-27-21-19-17-15-13-11-9-7-2/h8,10,14,16,20,22,24-25,28,30,47-48H,6-7,9,11-13,15,17-19,21,23,26-27,29,31-46H2,1-5H3/p+1/b10-8+,16-14+,22-20+,25-24+,30-28+. The molecule has 0 rings (SSSR count). The second kappa shape index (κ2) is 41.8. The van der Waals surface area contributed by atoms with Gasteiger partial charge in [0.15, 0.2) is 12.1 Å². The van der Waals surface area contributed by atoms with Crippen molar-refractivity contribution in [2.45, 2.75) is 206 Å². The van der Waals surface area contributed by atoms with Crippen LogP contribution in [0.25, 0.3) is 0 Å². The molecule has 2 unspecified atom stereocenters. The van der Waals surface area contributed by atoms with E-state index >= 15 is 0 Å². The van der Waals surface area contributed by atoms with E-state index in [1.807, 2.05) is 21.1 Å². The Hall–Kier alpha value is -2.97. The van der Waals surface area contributed by atoms with Crippen LogP contribution >= 0.6 is 0 Å². The Balaban J connectivity index is 4.35. The first kappa shape index (κ1) is 56.0. The van der Waals surface area contributed by atoms with Crippen LogP contribution in [-0.2, 0) is 28.6 Å². The molecule has 0 saturated carbocycles. The summed E-state index contributed by atoms with van der Waals surface area (Å²) in [5.74, 6) is -1.50. The topological polar surface area (TPSA) is 99.1 Å². The van der Waals surface area contributed by atoms with Crippen molar-refractivity contribution in [1.29, 1.82) is 0 Å². The van der Waals surface area contributed by atoms with Gasteiger partial charge >= 0.3 is 17.9 Å². The lowest BCUT2D eigenvalue weighted by molar-refractivity contribution is -0.887. The Kier molecular flexibility index (Phi) is 39.6. The maximum Gasteiger partial charge on any atom is 0.362 e. The molecule has 0 fully saturated rings. The molecule has 340 valence electrons. The van der Waals surface area contributed by atoms with Crippen molar-refractivity contribution < 1.29 is 38.2 Å². The molecule has 0 aromatic rings. The van der Waals surface area contributed by atoms with Crippen LogP contribution in [0.5, 0.6) is 0 Å². The maximum absolute atomic E-state index is 12.8. The van der Waals surface area contributed by atoms with E-state index in [0.717, 1.165) is 83.5 Å². The zero-order valence-electron chi connectivity index (χ0n) is 38.7. The van der Waals surface area contributed by atoms with E-state index in [1.54, 1.807) is 0 Å². The Morgan fingerprint density at radius 2 is 0.949 bits per heavy atom. The minimum absolute atomic E-state index is 0.0503. The predicted octanol–water partition coefficient (Wildman–Crippen LogP) is 13.4. The molecule has 0 radical (unpaired) electrons. The van der Waals surface area contributed by atoms with Crippen LogP contribution in [0.3, 0.4) is 0 Å². The maximum atomic E-state index is 12.8. The second-order valence-electron chi connectivity index (χ2n) is 17.0. The lowest BCUT2D eigenvalue weighted by atomic mass is 10.0. The smallest absolute Gasteiger partial charge is 0.362 e. The third-order valence-electron chi connectivity index (χ3n) is 10.4. The van der Waals surface area contributed by atoms with Crippen LogP contribution in [0.2, 0.25) is 0 Å². The average Bonchev–Trinajstić information content (AvgIpc) is 3.19. The van der Waals surface area contributed by atoms with Gasteiger partial charge in [0.2, 0.25) is 0 Å². The summed E-state index contributed by atoms with van der Waals surface area (Å²) in [4.78, 5) is 37.1. The van der Waals surface area contributed by atoms with E-state index in [4.69, 9.17) is 14.2 Å². The van der Waals surface area contributed by atoms with E-state index in [1.165, 1.54) is 77.0 Å². The molecule has 0 aliphatic rings. The van der Waals surface area contributed by atoms with Gasteiger partial charge in [0.05, 0.1) is 34.4 Å². The largest absolute Gasteiger partial charge is 0.477 e. The van der Waals surface area contributed by atoms with Crippen molar-refractivity contribution >= 4 is 17.9 Å². The molecule has 0 spiro atoms. The lowest BCUT2D eigenvalue weighted by Gasteiger charge is -2.31. The first-order valence-corrected chi connectivity index (χ1v) is 23.8. The van der Waals surface area contributed by atoms with Crippen molar-refractivity contribution in [1.82, 2.24) is 0 Å². The highest BCUT2D eigenvalue weighted by atomic mass is 16.6. The number of esters is 2. The molecular weight excluding hydrogens is 739 g/mol. The van der Waals surface area contributed by atoms with Crippen molar-refractivity contribution in [3.63, 3.8) is 0 Å². The van der Waals surface area contributed by atoms with Crippen LogP contribution in [-0.4, -0.2) is 80.6 Å². The first-order chi connectivity index (χ1) is 28.6. The summed E-state index contributed by atoms with van der Waals surface area (Å²) in [5, 5.41) is 9.63. The highest BCUT2D eigenvalue weighted by Crippen LogP contribution is 2.15. The van der Waals surface area contributed by atoms with Crippen molar-refractivity contribution in [3.05, 3.63) is 60.8 Å². The van der Waals surface area contributed by atoms with Gasteiger partial charge in [-0.25, -0.2) is 4.79 Å². The van der Waals surface area contributed by atoms with Crippen LogP contribution in [0, 0.1) is 0 Å². The fourth-order valence-corrected chi connectivity index (χ4v) is 6.77. The van der Waals surface area contributed by atoms with Crippen LogP contribution in [0.1, 0.15) is 194 Å². The molecule has 1 N–H and O–H groups in total. The molecule has 0 aliphatic heterocycles. The quantitative estimate of drug-likeness (QED) is 0.0283. The van der Waals surface area contributed by atoms with E-state index in [9.17, 15) is 19.5 Å². The van der Waals surface area contributed by atoms with Crippen molar-refractivity contribution in [3.8, 4) is 0 Å². The SMILES string of the molecule is CC/C=C/C/C=C/C/C=C/C/C=C/C/C=C/CCCCCCC(=O)OC(COCCC(C(=O)O)[N+](C)(C)C)COC(=O)CCCCCCCCCCCCCCCCC. The highest BCUT2D eigenvalue weighted by Gasteiger charge is 2.31. The number of carbonyl (C=O) groups excluding carboxylic acids is 2. The van der Waals surface area contributed by atoms with Gasteiger partial charge in [0, 0.05) is 19.3 Å². The van der Waals surface area contributed by atoms with E-state index in [2.05, 4.69) is 74.6 Å². The van der Waals surface area contributed by atoms with Crippen LogP contribution in [0.15, 0.2) is 60.8 Å². The van der Waals surface area contributed by atoms with Crippen molar-refractivity contribution in [2.75, 3.05) is 41.0 Å². The molecule has 0 bridgehead atoms. The predicted molar refractivity (Wildman–Crippen MR) is 247 cm³/mol. The molecule has 0 amide bonds. The number of aliphatic carboxylic acids is 1. The molecule has 0 saturated heterocycles. The summed E-state index contributed by atoms with van der Waals surface area (Å²) >= 11 is 0. The minimum atomic E-state index is -0.880. The number of hydrogen-bond acceptors (Lipinski definition) is 6. The summed E-state index contributed by atoms with van der Waals surface area (Å²) < 4.78 is 17.3. The third kappa shape index (κ3) is 40.2. The van der Waals surface area contributed by atoms with Gasteiger partial charge in [-0.3, -0.25) is 9.59 Å². The molecule has 8 heteroatoms. The number of carboxylic acid groups (broad SMARTS) is 1.